The van der Waals surface area contributed by atoms with E-state index in [0.29, 0.717) is 18.2 Å². The number of rotatable bonds is 7. The van der Waals surface area contributed by atoms with E-state index in [1.54, 1.807) is 18.4 Å². The van der Waals surface area contributed by atoms with Gasteiger partial charge in [0.05, 0.1) is 5.00 Å². The first-order chi connectivity index (χ1) is 14.6. The van der Waals surface area contributed by atoms with Crippen molar-refractivity contribution in [2.75, 3.05) is 25.0 Å². The molecule has 1 saturated heterocycles. The second-order valence-corrected chi connectivity index (χ2v) is 8.69. The molecule has 2 aromatic rings. The van der Waals surface area contributed by atoms with Gasteiger partial charge >= 0.3 is 0 Å². The third kappa shape index (κ3) is 6.23. The standard InChI is InChI=1S/C23H33N5OS/c1-4-17(2)26-22(29)19-9-7-18(8-10-19)16-25-23(24-3)27-20-11-13-28(14-12-20)21-6-5-15-30-21/h5-10,15,17,20H,4,11-14,16H2,1-3H3,(H,26,29)(H2,24,25,27). The zero-order chi connectivity index (χ0) is 21.3. The first-order valence-corrected chi connectivity index (χ1v) is 11.6. The number of guanidine groups is 1. The van der Waals surface area contributed by atoms with E-state index in [4.69, 9.17) is 0 Å². The van der Waals surface area contributed by atoms with Gasteiger partial charge in [0.1, 0.15) is 0 Å². The Bertz CT molecular complexity index is 811. The summed E-state index contributed by atoms with van der Waals surface area (Å²) in [5.41, 5.74) is 1.81. The van der Waals surface area contributed by atoms with Gasteiger partial charge in [0, 0.05) is 44.3 Å². The number of anilines is 1. The van der Waals surface area contributed by atoms with Crippen LogP contribution >= 0.6 is 11.3 Å². The van der Waals surface area contributed by atoms with Crippen LogP contribution in [0.5, 0.6) is 0 Å². The summed E-state index contributed by atoms with van der Waals surface area (Å²) in [6.45, 7) is 6.88. The maximum Gasteiger partial charge on any atom is 0.251 e. The number of carbonyl (C=O) groups excluding carboxylic acids is 1. The highest BCUT2D eigenvalue weighted by Crippen LogP contribution is 2.24. The normalized spacial score (nSPS) is 16.2. The van der Waals surface area contributed by atoms with Crippen LogP contribution < -0.4 is 20.9 Å². The number of benzene rings is 1. The van der Waals surface area contributed by atoms with Crippen molar-refractivity contribution in [3.63, 3.8) is 0 Å². The van der Waals surface area contributed by atoms with Crippen LogP contribution in [0.15, 0.2) is 46.8 Å². The van der Waals surface area contributed by atoms with Gasteiger partial charge < -0.3 is 20.9 Å². The summed E-state index contributed by atoms with van der Waals surface area (Å²) in [7, 11) is 1.80. The molecule has 0 radical (unpaired) electrons. The van der Waals surface area contributed by atoms with Crippen LogP contribution in [0, 0.1) is 0 Å². The summed E-state index contributed by atoms with van der Waals surface area (Å²) in [6, 6.07) is 12.7. The van der Waals surface area contributed by atoms with Gasteiger partial charge in [0.15, 0.2) is 5.96 Å². The topological polar surface area (TPSA) is 68.8 Å². The highest BCUT2D eigenvalue weighted by atomic mass is 32.1. The van der Waals surface area contributed by atoms with Crippen molar-refractivity contribution < 1.29 is 4.79 Å². The van der Waals surface area contributed by atoms with Crippen molar-refractivity contribution in [3.05, 3.63) is 52.9 Å². The number of amides is 1. The number of carbonyl (C=O) groups is 1. The molecule has 1 aliphatic rings. The number of nitrogens with zero attached hydrogens (tertiary/aromatic N) is 2. The highest BCUT2D eigenvalue weighted by molar-refractivity contribution is 7.14. The first kappa shape index (κ1) is 22.2. The number of aliphatic imine (C=N–C) groups is 1. The molecule has 3 rings (SSSR count). The zero-order valence-electron chi connectivity index (χ0n) is 18.1. The Kier molecular flexibility index (Phi) is 8.13. The third-order valence-electron chi connectivity index (χ3n) is 5.54. The van der Waals surface area contributed by atoms with E-state index in [1.165, 1.54) is 5.00 Å². The van der Waals surface area contributed by atoms with E-state index in [2.05, 4.69) is 50.3 Å². The third-order valence-corrected chi connectivity index (χ3v) is 6.47. The Labute approximate surface area is 183 Å². The van der Waals surface area contributed by atoms with Crippen LogP contribution in [0.4, 0.5) is 5.00 Å². The Hall–Kier alpha value is -2.54. The lowest BCUT2D eigenvalue weighted by molar-refractivity contribution is 0.0939. The van der Waals surface area contributed by atoms with E-state index in [9.17, 15) is 4.79 Å². The van der Waals surface area contributed by atoms with Gasteiger partial charge in [-0.2, -0.15) is 0 Å². The number of hydrogen-bond donors (Lipinski definition) is 3. The molecule has 0 saturated carbocycles. The molecule has 3 N–H and O–H groups in total. The van der Waals surface area contributed by atoms with Gasteiger partial charge in [-0.3, -0.25) is 9.79 Å². The minimum Gasteiger partial charge on any atom is -0.363 e. The van der Waals surface area contributed by atoms with E-state index < -0.39 is 0 Å². The lowest BCUT2D eigenvalue weighted by atomic mass is 10.1. The summed E-state index contributed by atoms with van der Waals surface area (Å²) in [4.78, 5) is 19.0. The molecule has 1 atom stereocenters. The number of piperidine rings is 1. The molecule has 0 bridgehead atoms. The lowest BCUT2D eigenvalue weighted by Gasteiger charge is -2.33. The maximum atomic E-state index is 12.2. The van der Waals surface area contributed by atoms with Crippen molar-refractivity contribution in [1.29, 1.82) is 0 Å². The SMILES string of the molecule is CCC(C)NC(=O)c1ccc(CNC(=NC)NC2CCN(c3cccs3)CC2)cc1. The summed E-state index contributed by atoms with van der Waals surface area (Å²) >= 11 is 1.81. The van der Waals surface area contributed by atoms with Gasteiger partial charge in [-0.1, -0.05) is 19.1 Å². The molecule has 2 heterocycles. The Morgan fingerprint density at radius 1 is 1.23 bits per heavy atom. The van der Waals surface area contributed by atoms with Gasteiger partial charge in [-0.05, 0) is 61.4 Å². The second kappa shape index (κ2) is 11.0. The minimum atomic E-state index is -0.0183. The van der Waals surface area contributed by atoms with Crippen LogP contribution in [0.3, 0.4) is 0 Å². The van der Waals surface area contributed by atoms with Crippen molar-refractivity contribution in [3.8, 4) is 0 Å². The van der Waals surface area contributed by atoms with Crippen molar-refractivity contribution >= 4 is 28.2 Å². The molecule has 0 aliphatic carbocycles. The Morgan fingerprint density at radius 2 is 1.97 bits per heavy atom. The molecule has 1 unspecified atom stereocenters. The number of hydrogen-bond acceptors (Lipinski definition) is 4. The smallest absolute Gasteiger partial charge is 0.251 e. The van der Waals surface area contributed by atoms with E-state index in [-0.39, 0.29) is 11.9 Å². The molecule has 1 amide bonds. The van der Waals surface area contributed by atoms with Crippen LogP contribution in [-0.2, 0) is 6.54 Å². The Morgan fingerprint density at radius 3 is 2.57 bits per heavy atom. The lowest BCUT2D eigenvalue weighted by Crippen LogP contribution is -2.48. The number of nitrogens with one attached hydrogen (secondary N) is 3. The summed E-state index contributed by atoms with van der Waals surface area (Å²) < 4.78 is 0. The largest absolute Gasteiger partial charge is 0.363 e. The van der Waals surface area contributed by atoms with Crippen molar-refractivity contribution in [1.82, 2.24) is 16.0 Å². The summed E-state index contributed by atoms with van der Waals surface area (Å²) in [6.07, 6.45) is 3.12. The predicted molar refractivity (Wildman–Crippen MR) is 127 cm³/mol. The molecule has 7 heteroatoms. The molecule has 1 aliphatic heterocycles. The van der Waals surface area contributed by atoms with Crippen LogP contribution in [-0.4, -0.2) is 44.1 Å². The van der Waals surface area contributed by atoms with E-state index in [1.807, 2.05) is 31.2 Å². The van der Waals surface area contributed by atoms with Gasteiger partial charge in [0.25, 0.3) is 5.91 Å². The molecule has 30 heavy (non-hydrogen) atoms. The van der Waals surface area contributed by atoms with Crippen LogP contribution in [0.1, 0.15) is 49.0 Å². The molecule has 1 fully saturated rings. The quantitative estimate of drug-likeness (QED) is 0.466. The predicted octanol–water partition coefficient (Wildman–Crippen LogP) is 3.61. The average Bonchev–Trinajstić information content (AvgIpc) is 3.32. The van der Waals surface area contributed by atoms with E-state index >= 15 is 0 Å². The minimum absolute atomic E-state index is 0.0183. The summed E-state index contributed by atoms with van der Waals surface area (Å²) in [5, 5.41) is 13.4. The molecule has 1 aromatic heterocycles. The fourth-order valence-corrected chi connectivity index (χ4v) is 4.24. The molecular formula is C23H33N5OS. The fourth-order valence-electron chi connectivity index (χ4n) is 3.45. The maximum absolute atomic E-state index is 12.2. The second-order valence-electron chi connectivity index (χ2n) is 7.76. The van der Waals surface area contributed by atoms with Gasteiger partial charge in [-0.15, -0.1) is 11.3 Å². The molecule has 1 aromatic carbocycles. The highest BCUT2D eigenvalue weighted by Gasteiger charge is 2.20. The van der Waals surface area contributed by atoms with Gasteiger partial charge in [-0.25, -0.2) is 0 Å². The van der Waals surface area contributed by atoms with Gasteiger partial charge in [0.2, 0.25) is 0 Å². The molecule has 162 valence electrons. The first-order valence-electron chi connectivity index (χ1n) is 10.7. The zero-order valence-corrected chi connectivity index (χ0v) is 19.0. The average molecular weight is 428 g/mol. The molecular weight excluding hydrogens is 394 g/mol. The summed E-state index contributed by atoms with van der Waals surface area (Å²) in [5.74, 6) is 0.804. The van der Waals surface area contributed by atoms with Crippen LogP contribution in [0.25, 0.3) is 0 Å². The number of thiophene rings is 1. The monoisotopic (exact) mass is 427 g/mol. The van der Waals surface area contributed by atoms with Crippen LogP contribution in [0.2, 0.25) is 0 Å². The van der Waals surface area contributed by atoms with E-state index in [0.717, 1.165) is 43.9 Å². The Balaban J connectivity index is 1.44. The molecule has 0 spiro atoms. The van der Waals surface area contributed by atoms with Crippen molar-refractivity contribution in [2.24, 2.45) is 4.99 Å². The van der Waals surface area contributed by atoms with Crippen molar-refractivity contribution in [2.45, 2.75) is 51.7 Å². The fraction of sp³-hybridized carbons (Fsp3) is 0.478. The molecule has 6 nitrogen and oxygen atoms in total.